The Morgan fingerprint density at radius 2 is 2.10 bits per heavy atom. The monoisotopic (exact) mass is 293 g/mol. The Morgan fingerprint density at radius 1 is 1.40 bits per heavy atom. The Labute approximate surface area is 118 Å². The summed E-state index contributed by atoms with van der Waals surface area (Å²) in [5.74, 6) is 0.496. The summed E-state index contributed by atoms with van der Waals surface area (Å²) in [4.78, 5) is 3.31. The van der Waals surface area contributed by atoms with E-state index < -0.39 is 10.0 Å². The van der Waals surface area contributed by atoms with E-state index in [1.54, 1.807) is 31.4 Å². The summed E-state index contributed by atoms with van der Waals surface area (Å²) in [6, 6.07) is 5.26. The number of rotatable bonds is 4. The van der Waals surface area contributed by atoms with Crippen molar-refractivity contribution in [2.24, 2.45) is 5.92 Å². The normalized spacial score (nSPS) is 17.8. The Hall–Kier alpha value is -1.53. The van der Waals surface area contributed by atoms with E-state index in [2.05, 4.69) is 4.98 Å². The largest absolute Gasteiger partial charge is 0.399 e. The van der Waals surface area contributed by atoms with E-state index in [1.807, 2.05) is 6.92 Å². The van der Waals surface area contributed by atoms with E-state index in [0.717, 1.165) is 18.4 Å². The molecule has 1 saturated carbocycles. The molecule has 5 nitrogen and oxygen atoms in total. The summed E-state index contributed by atoms with van der Waals surface area (Å²) in [5.41, 5.74) is 7.08. The molecule has 1 aromatic heterocycles. The van der Waals surface area contributed by atoms with Gasteiger partial charge in [-0.3, -0.25) is 0 Å². The number of hydrogen-bond acceptors (Lipinski definition) is 3. The highest BCUT2D eigenvalue weighted by Crippen LogP contribution is 2.37. The first-order valence-electron chi connectivity index (χ1n) is 6.76. The van der Waals surface area contributed by atoms with E-state index in [4.69, 9.17) is 5.73 Å². The highest BCUT2D eigenvalue weighted by Gasteiger charge is 2.36. The van der Waals surface area contributed by atoms with Crippen molar-refractivity contribution < 1.29 is 8.42 Å². The van der Waals surface area contributed by atoms with Crippen molar-refractivity contribution in [1.82, 2.24) is 9.29 Å². The molecule has 1 aromatic carbocycles. The smallest absolute Gasteiger partial charge is 0.245 e. The number of nitrogens with two attached hydrogens (primary N) is 1. The van der Waals surface area contributed by atoms with Crippen molar-refractivity contribution in [3.63, 3.8) is 0 Å². The second kappa shape index (κ2) is 4.49. The Kier molecular flexibility index (Phi) is 3.02. The van der Waals surface area contributed by atoms with Gasteiger partial charge in [0, 0.05) is 35.9 Å². The molecule has 1 unspecified atom stereocenters. The maximum atomic E-state index is 12.7. The van der Waals surface area contributed by atoms with E-state index in [9.17, 15) is 8.42 Å². The standard InChI is InChI=1S/C14H19N3O2S/c1-9(10-3-4-10)17(2)20(18,19)14-8-16-13-7-11(15)5-6-12(13)14/h5-10,16H,3-4,15H2,1-2H3. The molecular formula is C14H19N3O2S. The number of anilines is 1. The lowest BCUT2D eigenvalue weighted by molar-refractivity contribution is 0.357. The number of nitrogen functional groups attached to an aromatic ring is 1. The molecule has 0 amide bonds. The van der Waals surface area contributed by atoms with Gasteiger partial charge in [0.1, 0.15) is 4.90 Å². The molecule has 0 aliphatic heterocycles. The fourth-order valence-corrected chi connectivity index (χ4v) is 4.16. The van der Waals surface area contributed by atoms with Gasteiger partial charge in [-0.2, -0.15) is 4.31 Å². The van der Waals surface area contributed by atoms with Crippen LogP contribution in [0.4, 0.5) is 5.69 Å². The second-order valence-electron chi connectivity index (χ2n) is 5.56. The van der Waals surface area contributed by atoms with Crippen LogP contribution in [0.3, 0.4) is 0 Å². The summed E-state index contributed by atoms with van der Waals surface area (Å²) < 4.78 is 27.0. The van der Waals surface area contributed by atoms with Crippen molar-refractivity contribution in [2.75, 3.05) is 12.8 Å². The number of nitrogens with zero attached hydrogens (tertiary/aromatic N) is 1. The molecule has 108 valence electrons. The van der Waals surface area contributed by atoms with Crippen molar-refractivity contribution in [2.45, 2.75) is 30.7 Å². The van der Waals surface area contributed by atoms with Gasteiger partial charge in [0.2, 0.25) is 10.0 Å². The molecule has 2 aromatic rings. The first-order chi connectivity index (χ1) is 9.41. The number of nitrogens with one attached hydrogen (secondary N) is 1. The molecule has 20 heavy (non-hydrogen) atoms. The third-order valence-electron chi connectivity index (χ3n) is 4.20. The van der Waals surface area contributed by atoms with Gasteiger partial charge in [-0.1, -0.05) is 0 Å². The van der Waals surface area contributed by atoms with Crippen LogP contribution in [0.25, 0.3) is 10.9 Å². The summed E-state index contributed by atoms with van der Waals surface area (Å²) in [7, 11) is -1.82. The number of aromatic amines is 1. The third kappa shape index (κ3) is 2.09. The second-order valence-corrected chi connectivity index (χ2v) is 7.52. The number of fused-ring (bicyclic) bond motifs is 1. The molecule has 0 bridgehead atoms. The van der Waals surface area contributed by atoms with E-state index in [1.165, 1.54) is 4.31 Å². The fourth-order valence-electron chi connectivity index (χ4n) is 2.58. The number of sulfonamides is 1. The maximum Gasteiger partial charge on any atom is 0.245 e. The summed E-state index contributed by atoms with van der Waals surface area (Å²) in [5, 5.41) is 0.689. The lowest BCUT2D eigenvalue weighted by Gasteiger charge is -2.23. The zero-order valence-electron chi connectivity index (χ0n) is 11.6. The molecule has 1 fully saturated rings. The van der Waals surface area contributed by atoms with Gasteiger partial charge in [0.25, 0.3) is 0 Å². The van der Waals surface area contributed by atoms with Gasteiger partial charge in [0.05, 0.1) is 0 Å². The molecule has 6 heteroatoms. The predicted octanol–water partition coefficient (Wildman–Crippen LogP) is 2.17. The molecule has 0 saturated heterocycles. The first kappa shape index (κ1) is 13.5. The minimum absolute atomic E-state index is 0.0405. The van der Waals surface area contributed by atoms with Gasteiger partial charge in [-0.05, 0) is 43.9 Å². The van der Waals surface area contributed by atoms with Crippen LogP contribution < -0.4 is 5.73 Å². The topological polar surface area (TPSA) is 79.2 Å². The first-order valence-corrected chi connectivity index (χ1v) is 8.20. The number of H-pyrrole nitrogens is 1. The van der Waals surface area contributed by atoms with Crippen LogP contribution in [-0.2, 0) is 10.0 Å². The van der Waals surface area contributed by atoms with Gasteiger partial charge in [-0.25, -0.2) is 8.42 Å². The third-order valence-corrected chi connectivity index (χ3v) is 6.19. The van der Waals surface area contributed by atoms with Crippen molar-refractivity contribution in [3.8, 4) is 0 Å². The number of hydrogen-bond donors (Lipinski definition) is 2. The minimum Gasteiger partial charge on any atom is -0.399 e. The number of aromatic nitrogens is 1. The van der Waals surface area contributed by atoms with Gasteiger partial charge in [0.15, 0.2) is 0 Å². The summed E-state index contributed by atoms with van der Waals surface area (Å²) in [6.07, 6.45) is 3.78. The zero-order valence-corrected chi connectivity index (χ0v) is 12.4. The lowest BCUT2D eigenvalue weighted by atomic mass is 10.2. The number of benzene rings is 1. The maximum absolute atomic E-state index is 12.7. The van der Waals surface area contributed by atoms with Crippen molar-refractivity contribution in [3.05, 3.63) is 24.4 Å². The highest BCUT2D eigenvalue weighted by atomic mass is 32.2. The molecule has 3 rings (SSSR count). The lowest BCUT2D eigenvalue weighted by Crippen LogP contribution is -2.36. The minimum atomic E-state index is -3.48. The molecule has 3 N–H and O–H groups in total. The molecule has 1 aliphatic rings. The molecule has 1 heterocycles. The molecule has 0 spiro atoms. The summed E-state index contributed by atoms with van der Waals surface area (Å²) >= 11 is 0. The van der Waals surface area contributed by atoms with Crippen LogP contribution in [0.1, 0.15) is 19.8 Å². The van der Waals surface area contributed by atoms with Gasteiger partial charge < -0.3 is 10.7 Å². The average molecular weight is 293 g/mol. The fraction of sp³-hybridized carbons (Fsp3) is 0.429. The van der Waals surface area contributed by atoms with Crippen LogP contribution >= 0.6 is 0 Å². The zero-order chi connectivity index (χ0) is 14.5. The Morgan fingerprint density at radius 3 is 2.75 bits per heavy atom. The molecule has 0 radical (unpaired) electrons. The van der Waals surface area contributed by atoms with Crippen LogP contribution in [0.15, 0.2) is 29.3 Å². The summed E-state index contributed by atoms with van der Waals surface area (Å²) in [6.45, 7) is 1.97. The van der Waals surface area contributed by atoms with Crippen LogP contribution in [0.2, 0.25) is 0 Å². The predicted molar refractivity (Wildman–Crippen MR) is 79.8 cm³/mol. The van der Waals surface area contributed by atoms with Crippen molar-refractivity contribution >= 4 is 26.6 Å². The van der Waals surface area contributed by atoms with E-state index in [-0.39, 0.29) is 6.04 Å². The Balaban J connectivity index is 2.04. The van der Waals surface area contributed by atoms with Crippen LogP contribution in [0, 0.1) is 5.92 Å². The van der Waals surface area contributed by atoms with E-state index in [0.29, 0.717) is 21.9 Å². The Bertz CT molecular complexity index is 747. The molecule has 1 atom stereocenters. The van der Waals surface area contributed by atoms with Gasteiger partial charge >= 0.3 is 0 Å². The van der Waals surface area contributed by atoms with Crippen LogP contribution in [-0.4, -0.2) is 30.8 Å². The highest BCUT2D eigenvalue weighted by molar-refractivity contribution is 7.89. The SMILES string of the molecule is CC(C1CC1)N(C)S(=O)(=O)c1c[nH]c2cc(N)ccc12. The molecular weight excluding hydrogens is 274 g/mol. The average Bonchev–Trinajstić information content (AvgIpc) is 3.16. The molecule has 1 aliphatic carbocycles. The van der Waals surface area contributed by atoms with E-state index >= 15 is 0 Å². The van der Waals surface area contributed by atoms with Crippen molar-refractivity contribution in [1.29, 1.82) is 0 Å². The quantitative estimate of drug-likeness (QED) is 0.848. The van der Waals surface area contributed by atoms with Crippen LogP contribution in [0.5, 0.6) is 0 Å². The van der Waals surface area contributed by atoms with Gasteiger partial charge in [-0.15, -0.1) is 0 Å².